The highest BCUT2D eigenvalue weighted by molar-refractivity contribution is 5.85. The average molecular weight is 244 g/mol. The summed E-state index contributed by atoms with van der Waals surface area (Å²) in [6.45, 7) is 1.97. The Kier molecular flexibility index (Phi) is 3.85. The summed E-state index contributed by atoms with van der Waals surface area (Å²) in [5.74, 6) is -0.718. The van der Waals surface area contributed by atoms with Gasteiger partial charge in [0.05, 0.1) is 0 Å². The van der Waals surface area contributed by atoms with Gasteiger partial charge in [0.15, 0.2) is 0 Å². The molecule has 1 unspecified atom stereocenters. The number of carboxylic acids is 1. The number of carbonyl (C=O) groups is 1. The number of hydrogen-bond acceptors (Lipinski definition) is 1. The lowest BCUT2D eigenvalue weighted by Crippen LogP contribution is -2.38. The van der Waals surface area contributed by atoms with E-state index < -0.39 is 11.4 Å². The van der Waals surface area contributed by atoms with Crippen molar-refractivity contribution in [2.45, 2.75) is 44.4 Å². The fourth-order valence-corrected chi connectivity index (χ4v) is 2.98. The molecule has 18 heavy (non-hydrogen) atoms. The third-order valence-electron chi connectivity index (χ3n) is 4.00. The molecule has 1 aromatic carbocycles. The van der Waals surface area contributed by atoms with Crippen LogP contribution >= 0.6 is 0 Å². The first kappa shape index (κ1) is 12.9. The van der Waals surface area contributed by atoms with Gasteiger partial charge in [-0.3, -0.25) is 4.79 Å². The predicted molar refractivity (Wildman–Crippen MR) is 72.6 cm³/mol. The van der Waals surface area contributed by atoms with E-state index in [4.69, 9.17) is 0 Å². The van der Waals surface area contributed by atoms with Crippen LogP contribution in [-0.2, 0) is 10.2 Å². The van der Waals surface area contributed by atoms with Crippen molar-refractivity contribution in [2.24, 2.45) is 0 Å². The predicted octanol–water partition coefficient (Wildman–Crippen LogP) is 3.92. The second-order valence-corrected chi connectivity index (χ2v) is 4.91. The second-order valence-electron chi connectivity index (χ2n) is 4.91. The number of rotatable bonds is 4. The van der Waals surface area contributed by atoms with Crippen molar-refractivity contribution in [3.05, 3.63) is 47.5 Å². The van der Waals surface area contributed by atoms with Gasteiger partial charge in [0.25, 0.3) is 0 Å². The van der Waals surface area contributed by atoms with Crippen molar-refractivity contribution in [1.29, 1.82) is 0 Å². The van der Waals surface area contributed by atoms with Gasteiger partial charge in [-0.25, -0.2) is 0 Å². The first-order valence-electron chi connectivity index (χ1n) is 6.70. The van der Waals surface area contributed by atoms with Gasteiger partial charge in [-0.1, -0.05) is 48.9 Å². The summed E-state index contributed by atoms with van der Waals surface area (Å²) < 4.78 is 0. The smallest absolute Gasteiger partial charge is 0.318 e. The Labute approximate surface area is 108 Å². The van der Waals surface area contributed by atoms with E-state index in [1.54, 1.807) is 0 Å². The van der Waals surface area contributed by atoms with Crippen LogP contribution in [0.2, 0.25) is 0 Å². The maximum absolute atomic E-state index is 11.9. The SMILES string of the molecule is CCC(C(=O)O)(C1=CCCCC1)c1ccccc1. The van der Waals surface area contributed by atoms with Crippen molar-refractivity contribution in [2.75, 3.05) is 0 Å². The number of benzene rings is 1. The Balaban J connectivity index is 2.53. The molecule has 0 saturated heterocycles. The van der Waals surface area contributed by atoms with Crippen LogP contribution < -0.4 is 0 Å². The molecule has 0 heterocycles. The fourth-order valence-electron chi connectivity index (χ4n) is 2.98. The first-order chi connectivity index (χ1) is 8.71. The van der Waals surface area contributed by atoms with Gasteiger partial charge in [0, 0.05) is 0 Å². The fraction of sp³-hybridized carbons (Fsp3) is 0.438. The zero-order chi connectivity index (χ0) is 13.0. The largest absolute Gasteiger partial charge is 0.480 e. The van der Waals surface area contributed by atoms with E-state index in [0.717, 1.165) is 30.4 Å². The van der Waals surface area contributed by atoms with Crippen LogP contribution in [0, 0.1) is 0 Å². The topological polar surface area (TPSA) is 37.3 Å². The molecule has 96 valence electrons. The van der Waals surface area contributed by atoms with Crippen LogP contribution in [0.4, 0.5) is 0 Å². The van der Waals surface area contributed by atoms with Gasteiger partial charge >= 0.3 is 5.97 Å². The second kappa shape index (κ2) is 5.38. The lowest BCUT2D eigenvalue weighted by Gasteiger charge is -2.33. The summed E-state index contributed by atoms with van der Waals surface area (Å²) in [6.07, 6.45) is 6.96. The minimum absolute atomic E-state index is 0.609. The van der Waals surface area contributed by atoms with E-state index in [1.807, 2.05) is 37.3 Å². The van der Waals surface area contributed by atoms with Crippen molar-refractivity contribution < 1.29 is 9.90 Å². The Morgan fingerprint density at radius 2 is 2.00 bits per heavy atom. The molecule has 0 radical (unpaired) electrons. The molecule has 2 rings (SSSR count). The summed E-state index contributed by atoms with van der Waals surface area (Å²) in [4.78, 5) is 11.9. The van der Waals surface area contributed by atoms with Crippen LogP contribution in [0.15, 0.2) is 42.0 Å². The molecule has 1 aromatic rings. The van der Waals surface area contributed by atoms with Crippen LogP contribution in [0.5, 0.6) is 0 Å². The Morgan fingerprint density at radius 3 is 2.50 bits per heavy atom. The highest BCUT2D eigenvalue weighted by atomic mass is 16.4. The summed E-state index contributed by atoms with van der Waals surface area (Å²) in [5.41, 5.74) is 1.19. The van der Waals surface area contributed by atoms with E-state index in [1.165, 1.54) is 6.42 Å². The number of aliphatic carboxylic acids is 1. The van der Waals surface area contributed by atoms with Crippen LogP contribution in [-0.4, -0.2) is 11.1 Å². The van der Waals surface area contributed by atoms with Gasteiger partial charge in [-0.15, -0.1) is 0 Å². The van der Waals surface area contributed by atoms with E-state index in [0.29, 0.717) is 6.42 Å². The van der Waals surface area contributed by atoms with Crippen LogP contribution in [0.25, 0.3) is 0 Å². The van der Waals surface area contributed by atoms with Gasteiger partial charge in [-0.05, 0) is 37.7 Å². The molecule has 0 saturated carbocycles. The van der Waals surface area contributed by atoms with Crippen molar-refractivity contribution >= 4 is 5.97 Å². The zero-order valence-electron chi connectivity index (χ0n) is 10.9. The highest BCUT2D eigenvalue weighted by Crippen LogP contribution is 2.40. The van der Waals surface area contributed by atoms with Crippen molar-refractivity contribution in [3.63, 3.8) is 0 Å². The molecule has 0 aromatic heterocycles. The number of hydrogen-bond donors (Lipinski definition) is 1. The van der Waals surface area contributed by atoms with Gasteiger partial charge < -0.3 is 5.11 Å². The van der Waals surface area contributed by atoms with Gasteiger partial charge in [0.1, 0.15) is 5.41 Å². The number of carboxylic acid groups (broad SMARTS) is 1. The molecule has 0 amide bonds. The van der Waals surface area contributed by atoms with Crippen molar-refractivity contribution in [1.82, 2.24) is 0 Å². The summed E-state index contributed by atoms with van der Waals surface area (Å²) in [6, 6.07) is 9.65. The molecular weight excluding hydrogens is 224 g/mol. The van der Waals surface area contributed by atoms with E-state index in [2.05, 4.69) is 6.08 Å². The van der Waals surface area contributed by atoms with E-state index in [-0.39, 0.29) is 0 Å². The molecule has 2 nitrogen and oxygen atoms in total. The lowest BCUT2D eigenvalue weighted by atomic mass is 9.69. The van der Waals surface area contributed by atoms with Crippen LogP contribution in [0.1, 0.15) is 44.6 Å². The Hall–Kier alpha value is -1.57. The highest BCUT2D eigenvalue weighted by Gasteiger charge is 2.42. The zero-order valence-corrected chi connectivity index (χ0v) is 10.9. The van der Waals surface area contributed by atoms with Crippen LogP contribution in [0.3, 0.4) is 0 Å². The molecule has 1 aliphatic carbocycles. The lowest BCUT2D eigenvalue weighted by molar-refractivity contribution is -0.142. The normalized spacial score (nSPS) is 18.8. The maximum atomic E-state index is 11.9. The first-order valence-corrected chi connectivity index (χ1v) is 6.70. The molecule has 1 atom stereocenters. The Morgan fingerprint density at radius 1 is 1.28 bits per heavy atom. The summed E-state index contributed by atoms with van der Waals surface area (Å²) >= 11 is 0. The molecule has 0 spiro atoms. The van der Waals surface area contributed by atoms with E-state index in [9.17, 15) is 9.90 Å². The molecule has 0 aliphatic heterocycles. The summed E-state index contributed by atoms with van der Waals surface area (Å²) in [7, 11) is 0. The average Bonchev–Trinajstić information content (AvgIpc) is 2.42. The third-order valence-corrected chi connectivity index (χ3v) is 4.00. The van der Waals surface area contributed by atoms with Crippen molar-refractivity contribution in [3.8, 4) is 0 Å². The third kappa shape index (κ3) is 2.07. The summed E-state index contributed by atoms with van der Waals surface area (Å²) in [5, 5.41) is 9.79. The van der Waals surface area contributed by atoms with Gasteiger partial charge in [0.2, 0.25) is 0 Å². The quantitative estimate of drug-likeness (QED) is 0.815. The van der Waals surface area contributed by atoms with E-state index >= 15 is 0 Å². The molecule has 0 fully saturated rings. The standard InChI is InChI=1S/C16H20O2/c1-2-16(15(17)18,13-9-5-3-6-10-13)14-11-7-4-8-12-14/h3,5-6,9-11H,2,4,7-8,12H2,1H3,(H,17,18). The minimum atomic E-state index is -0.818. The number of allylic oxidation sites excluding steroid dienone is 1. The minimum Gasteiger partial charge on any atom is -0.480 e. The molecule has 0 bridgehead atoms. The Bertz CT molecular complexity index is 447. The molecular formula is C16H20O2. The molecule has 1 aliphatic rings. The molecule has 2 heteroatoms. The monoisotopic (exact) mass is 244 g/mol. The molecule has 1 N–H and O–H groups in total. The van der Waals surface area contributed by atoms with Gasteiger partial charge in [-0.2, -0.15) is 0 Å². The maximum Gasteiger partial charge on any atom is 0.318 e.